The summed E-state index contributed by atoms with van der Waals surface area (Å²) >= 11 is 3.00. The number of carbonyl (C=O) groups is 15. The number of alkyl halides is 3. The number of hydrogen-bond acceptors (Lipinski definition) is 25. The number of imide groups is 10. The van der Waals surface area contributed by atoms with Crippen LogP contribution in [0.3, 0.4) is 0 Å². The predicted molar refractivity (Wildman–Crippen MR) is 493 cm³/mol. The molecule has 15 aliphatic heterocycles. The molecule has 0 aliphatic carbocycles. The van der Waals surface area contributed by atoms with Gasteiger partial charge in [0.2, 0.25) is 64.8 Å². The molecule has 5 spiro atoms. The number of hydrogen-bond donors (Lipinski definition) is 10. The maximum atomic E-state index is 15.1. The quantitative estimate of drug-likeness (QED) is 0.0338. The molecule has 15 aliphatic rings. The zero-order chi connectivity index (χ0) is 108. The highest BCUT2D eigenvalue weighted by Crippen LogP contribution is 2.58. The molecule has 0 unspecified atom stereocenters. The topological polar surface area (TPSA) is 447 Å². The van der Waals surface area contributed by atoms with Crippen LogP contribution < -0.4 is 77.7 Å². The van der Waals surface area contributed by atoms with E-state index in [2.05, 4.69) is 68.2 Å². The Balaban J connectivity index is 0.000000131. The molecule has 37 nitrogen and oxygen atoms in total. The number of nitrogens with zero attached hydrogens (tertiary/aromatic N) is 7. The molecule has 0 radical (unpaired) electrons. The Morgan fingerprint density at radius 2 is 0.605 bits per heavy atom. The van der Waals surface area contributed by atoms with Gasteiger partial charge in [0.15, 0.2) is 73.8 Å². The lowest BCUT2D eigenvalue weighted by molar-refractivity contribution is -0.250. The van der Waals surface area contributed by atoms with Gasteiger partial charge in [-0.1, -0.05) is 75.3 Å². The molecular weight excluding hydrogens is 2030 g/mol. The standard InChI is InChI=1S/C20H18F4N4O4.C20H20F2N4O4.C19H20BrF2N3O4.2C19H21F2N3O4/c1-8(2)14-15-19(16(29)26-18(31)27-17(19)30)6-9-4-10(25-3)5-11(21)13(9)28(15)7-12(32-14)20(22,23)24;1-8(2)15-16-20(17(27)24-19(29)25-18(20)28)6-10-5-11(23-4)12(21)13(22)14(10)26(16)7-9(3)30-15;1-7(2)14-15-19(16(26)23-18(28)24-17(19)27)5-9-4-10(20)11(21)12(22)13(9)25(15)6-8(3)29-14;1-8(2)14-15-19(16(25)22-18(27)23-17(19)26)6-10-4-11(20)12(21)5-13(10)24(15)7-9(3)28-14;1-8(2)14-15-19(16(25)22-18(27)23-17(19)26)6-10-4-11(20)5-12(21)13(10)24(15)7-9(3)28-14/h4-5,8,12,14-15H,6-7H2,1-2H3,(H2,26,27,29,30,31);5,8-9,15-16H,6-7H2,1-3H3,(H2,24,25,27,28,29);4,7-8,14-15H,5-6H2,1-3H3,(H2,23,24,26,27,28);2*4-5,8-9,14-15H,6-7H2,1-3H3,(H2,22,23,25,26,27)/t12-,14-,15+;9-,15+,16-;8-,14+,15-;2*9-,14+,15-/m01111/s1. The number of benzene rings is 5. The maximum absolute atomic E-state index is 15.1. The van der Waals surface area contributed by atoms with Crippen molar-refractivity contribution < 1.29 is 148 Å². The maximum Gasteiger partial charge on any atom is 0.416 e. The molecule has 10 fully saturated rings. The SMILES string of the molecule is CC(C)[C@@H]1O[C@H](C)CN2c3c(F)cc(F)cc3CC3(C(=O)NC(=O)NC3=O)[C@@H]12.CC(C)[C@@H]1O[C@H](C)CN2c3c(cc(Br)c(F)c3F)CC3(C(=O)NC(=O)NC3=O)[C@@H]12.CC(C)[C@@H]1O[C@H](C)CN2c3cc(F)c(F)cc3CC3(C(=O)NC(=O)NC3=O)[C@@H]12.[C-]#[N+]c1cc(F)c2c(c1)CC1(C(=O)NC(=O)NC1=O)[C@H]1[C@H](C(C)C)O[C@H](C(F)(F)F)CN21.[C-]#[N+]c1cc2c(c(F)c1F)N1C[C@@H](C)O[C@@H](C(C)C)[C@@H]1C1(C2)C(=O)NC(=O)NC1=O. The smallest absolute Gasteiger partial charge is 0.371 e. The third-order valence-corrected chi connectivity index (χ3v) is 30.2. The summed E-state index contributed by atoms with van der Waals surface area (Å²) in [5.41, 5.74) is -8.30. The van der Waals surface area contributed by atoms with Crippen LogP contribution in [-0.2, 0) is 104 Å². The minimum atomic E-state index is -4.79. The van der Waals surface area contributed by atoms with E-state index >= 15 is 13.2 Å². The second-order valence-corrected chi connectivity index (χ2v) is 41.7. The molecule has 10 N–H and O–H groups in total. The molecule has 5 aromatic rings. The summed E-state index contributed by atoms with van der Waals surface area (Å²) in [6, 6.07) is -0.783. The van der Waals surface area contributed by atoms with Crippen molar-refractivity contribution in [2.75, 3.05) is 57.2 Å². The highest BCUT2D eigenvalue weighted by Gasteiger charge is 2.72. The summed E-state index contributed by atoms with van der Waals surface area (Å²) in [6.07, 6.45) is -13.4. The summed E-state index contributed by atoms with van der Waals surface area (Å²) in [5.74, 6) is -18.4. The molecule has 5 aromatic carbocycles. The number of carbonyl (C=O) groups excluding carboxylic acids is 15. The highest BCUT2D eigenvalue weighted by atomic mass is 79.9. The van der Waals surface area contributed by atoms with Crippen molar-refractivity contribution in [1.82, 2.24) is 53.2 Å². The second kappa shape index (κ2) is 38.7. The minimum Gasteiger partial charge on any atom is -0.371 e. The second-order valence-electron chi connectivity index (χ2n) is 40.9. The number of nitrogens with one attached hydrogen (secondary N) is 10. The van der Waals surface area contributed by atoms with Crippen LogP contribution in [0, 0.1) is 122 Å². The summed E-state index contributed by atoms with van der Waals surface area (Å²) in [6.45, 7) is 39.5. The number of ether oxygens (including phenoxy) is 5. The van der Waals surface area contributed by atoms with Crippen LogP contribution >= 0.6 is 15.9 Å². The molecule has 0 saturated carbocycles. The number of halogens is 13. The van der Waals surface area contributed by atoms with Gasteiger partial charge in [-0.15, -0.1) is 0 Å². The molecule has 10 saturated heterocycles. The number of urea groups is 5. The van der Waals surface area contributed by atoms with E-state index < -0.39 is 272 Å². The predicted octanol–water partition coefficient (Wildman–Crippen LogP) is 9.73. The molecule has 50 heteroatoms. The van der Waals surface area contributed by atoms with E-state index in [0.717, 1.165) is 35.2 Å². The number of fused-ring (bicyclic) bond motifs is 20. The number of anilines is 5. The summed E-state index contributed by atoms with van der Waals surface area (Å²) in [5, 5.41) is 21.3. The van der Waals surface area contributed by atoms with Crippen LogP contribution in [0.4, 0.5) is 116 Å². The molecule has 784 valence electrons. The lowest BCUT2D eigenvalue weighted by atomic mass is 9.65. The van der Waals surface area contributed by atoms with Crippen molar-refractivity contribution in [3.63, 3.8) is 0 Å². The molecule has 0 bridgehead atoms. The Labute approximate surface area is 838 Å². The number of morpholine rings is 5. The van der Waals surface area contributed by atoms with Gasteiger partial charge < -0.3 is 48.2 Å². The zero-order valence-corrected chi connectivity index (χ0v) is 82.5. The Morgan fingerprint density at radius 3 is 0.939 bits per heavy atom. The largest absolute Gasteiger partial charge is 0.416 e. The Bertz CT molecular complexity index is 6480. The van der Waals surface area contributed by atoms with Crippen molar-refractivity contribution >= 4 is 145 Å². The van der Waals surface area contributed by atoms with Crippen LogP contribution in [0.5, 0.6) is 0 Å². The number of barbiturate groups is 5. The molecule has 147 heavy (non-hydrogen) atoms. The van der Waals surface area contributed by atoms with Gasteiger partial charge in [-0.05, 0) is 144 Å². The van der Waals surface area contributed by atoms with Crippen molar-refractivity contribution in [3.05, 3.63) is 156 Å². The first-order valence-corrected chi connectivity index (χ1v) is 47.9. The number of amides is 20. The fourth-order valence-electron chi connectivity index (χ4n) is 23.8. The third-order valence-electron chi connectivity index (χ3n) is 29.7. The molecule has 15 heterocycles. The van der Waals surface area contributed by atoms with Crippen molar-refractivity contribution in [2.45, 2.75) is 226 Å². The van der Waals surface area contributed by atoms with Crippen LogP contribution in [0.25, 0.3) is 9.69 Å². The van der Waals surface area contributed by atoms with Gasteiger partial charge >= 0.3 is 36.3 Å². The van der Waals surface area contributed by atoms with E-state index in [4.69, 9.17) is 36.8 Å². The lowest BCUT2D eigenvalue weighted by Gasteiger charge is -2.57. The van der Waals surface area contributed by atoms with E-state index in [1.165, 1.54) is 23.1 Å². The van der Waals surface area contributed by atoms with Gasteiger partial charge in [0.25, 0.3) is 0 Å². The van der Waals surface area contributed by atoms with Gasteiger partial charge in [-0.2, -0.15) is 13.2 Å². The van der Waals surface area contributed by atoms with Crippen LogP contribution in [0.15, 0.2) is 53.0 Å². The van der Waals surface area contributed by atoms with Gasteiger partial charge in [-0.3, -0.25) is 101 Å². The van der Waals surface area contributed by atoms with Crippen molar-refractivity contribution in [3.8, 4) is 0 Å². The zero-order valence-electron chi connectivity index (χ0n) is 80.9. The monoisotopic (exact) mass is 2130 g/mol. The third kappa shape index (κ3) is 17.5. The Kier molecular flexibility index (Phi) is 28.0. The van der Waals surface area contributed by atoms with Crippen molar-refractivity contribution in [2.24, 2.45) is 56.7 Å². The van der Waals surface area contributed by atoms with Crippen LogP contribution in [0.2, 0.25) is 0 Å². The van der Waals surface area contributed by atoms with Gasteiger partial charge in [0.05, 0.1) is 132 Å². The first kappa shape index (κ1) is 106. The molecular formula is C97H100BrF12N17O20. The minimum absolute atomic E-state index is 0.0252. The average molecular weight is 2130 g/mol. The van der Waals surface area contributed by atoms with E-state index in [9.17, 15) is 111 Å². The van der Waals surface area contributed by atoms with E-state index in [-0.39, 0.29) is 137 Å². The first-order chi connectivity index (χ1) is 68.9. The van der Waals surface area contributed by atoms with Crippen molar-refractivity contribution in [1.29, 1.82) is 0 Å². The molecule has 20 amide bonds. The van der Waals surface area contributed by atoms with Gasteiger partial charge in [0, 0.05) is 63.3 Å². The lowest BCUT2D eigenvalue weighted by Crippen LogP contribution is -2.77. The van der Waals surface area contributed by atoms with E-state index in [0.29, 0.717) is 23.4 Å². The van der Waals surface area contributed by atoms with Gasteiger partial charge in [0.1, 0.15) is 17.5 Å². The molecule has 20 rings (SSSR count). The van der Waals surface area contributed by atoms with Gasteiger partial charge in [-0.25, -0.2) is 73.2 Å². The normalized spacial score (nSPS) is 27.9. The fraction of sp³-hybridized carbons (Fsp3) is 0.515. The molecule has 15 atom stereocenters. The van der Waals surface area contributed by atoms with E-state index in [1.807, 2.05) is 79.9 Å². The highest BCUT2D eigenvalue weighted by molar-refractivity contribution is 9.10. The molecule has 0 aromatic heterocycles. The summed E-state index contributed by atoms with van der Waals surface area (Å²) < 4.78 is 201. The number of rotatable bonds is 5. The van der Waals surface area contributed by atoms with E-state index in [1.54, 1.807) is 42.4 Å². The first-order valence-electron chi connectivity index (χ1n) is 47.1. The van der Waals surface area contributed by atoms with Crippen LogP contribution in [0.1, 0.15) is 125 Å². The Hall–Kier alpha value is -13.4. The fourth-order valence-corrected chi connectivity index (χ4v) is 24.2. The summed E-state index contributed by atoms with van der Waals surface area (Å²) in [4.78, 5) is 203. The Morgan fingerprint density at radius 1 is 0.327 bits per heavy atom. The average Bonchev–Trinajstić information content (AvgIpc) is 0.692. The summed E-state index contributed by atoms with van der Waals surface area (Å²) in [7, 11) is 0. The van der Waals surface area contributed by atoms with Crippen LogP contribution in [-0.4, -0.2) is 219 Å².